The molecule has 0 fully saturated rings. The Kier molecular flexibility index (Phi) is 4.87. The third-order valence-corrected chi connectivity index (χ3v) is 5.62. The highest BCUT2D eigenvalue weighted by atomic mass is 32.2. The minimum absolute atomic E-state index is 0.0375. The van der Waals surface area contributed by atoms with E-state index in [0.29, 0.717) is 10.7 Å². The maximum atomic E-state index is 12.7. The van der Waals surface area contributed by atoms with E-state index in [4.69, 9.17) is 0 Å². The summed E-state index contributed by atoms with van der Waals surface area (Å²) in [5, 5.41) is 4.80. The van der Waals surface area contributed by atoms with Crippen molar-refractivity contribution in [3.05, 3.63) is 47.0 Å². The van der Waals surface area contributed by atoms with Crippen LogP contribution < -0.4 is 5.32 Å². The summed E-state index contributed by atoms with van der Waals surface area (Å²) in [6.45, 7) is 0.286. The number of hydrogen-bond acceptors (Lipinski definition) is 6. The van der Waals surface area contributed by atoms with E-state index in [-0.39, 0.29) is 24.6 Å². The summed E-state index contributed by atoms with van der Waals surface area (Å²) in [5.74, 6) is -0.869. The van der Waals surface area contributed by atoms with Crippen molar-refractivity contribution in [2.45, 2.75) is 19.0 Å². The third kappa shape index (κ3) is 4.05. The molecule has 1 aliphatic rings. The van der Waals surface area contributed by atoms with Crippen LogP contribution in [-0.2, 0) is 21.2 Å². The summed E-state index contributed by atoms with van der Waals surface area (Å²) < 4.78 is 23.1. The fraction of sp³-hybridized carbons (Fsp3) is 0.312. The van der Waals surface area contributed by atoms with E-state index in [1.54, 1.807) is 23.7 Å². The Labute approximate surface area is 149 Å². The molecule has 1 N–H and O–H groups in total. The highest BCUT2D eigenvalue weighted by molar-refractivity contribution is 7.90. The molecule has 7 nitrogen and oxygen atoms in total. The van der Waals surface area contributed by atoms with Crippen LogP contribution in [0.3, 0.4) is 0 Å². The van der Waals surface area contributed by atoms with Gasteiger partial charge in [-0.25, -0.2) is 13.4 Å². The molecule has 1 unspecified atom stereocenters. The van der Waals surface area contributed by atoms with Gasteiger partial charge in [0.05, 0.1) is 5.75 Å². The summed E-state index contributed by atoms with van der Waals surface area (Å²) in [6, 6.07) is 6.26. The summed E-state index contributed by atoms with van der Waals surface area (Å²) in [7, 11) is -3.26. The lowest BCUT2D eigenvalue weighted by Crippen LogP contribution is -2.45. The van der Waals surface area contributed by atoms with Gasteiger partial charge in [-0.3, -0.25) is 9.59 Å². The number of sulfone groups is 1. The largest absolute Gasteiger partial charge is 0.322 e. The fourth-order valence-corrected chi connectivity index (χ4v) is 3.94. The van der Waals surface area contributed by atoms with Crippen LogP contribution >= 0.6 is 11.3 Å². The predicted molar refractivity (Wildman–Crippen MR) is 95.2 cm³/mol. The van der Waals surface area contributed by atoms with E-state index in [1.165, 1.54) is 16.2 Å². The topological polar surface area (TPSA) is 96.4 Å². The Hall–Kier alpha value is -2.26. The van der Waals surface area contributed by atoms with Gasteiger partial charge in [-0.15, -0.1) is 11.3 Å². The van der Waals surface area contributed by atoms with Gasteiger partial charge in [0.1, 0.15) is 15.9 Å². The van der Waals surface area contributed by atoms with Crippen LogP contribution in [-0.4, -0.2) is 48.2 Å². The lowest BCUT2D eigenvalue weighted by Gasteiger charge is -2.26. The molecule has 25 heavy (non-hydrogen) atoms. The normalized spacial score (nSPS) is 15.1. The number of anilines is 1. The predicted octanol–water partition coefficient (Wildman–Crippen LogP) is 1.54. The maximum Gasteiger partial charge on any atom is 0.255 e. The van der Waals surface area contributed by atoms with Crippen molar-refractivity contribution < 1.29 is 18.0 Å². The molecule has 1 aromatic carbocycles. The number of carbonyl (C=O) groups is 2. The molecule has 2 aromatic rings. The molecule has 9 heteroatoms. The summed E-state index contributed by atoms with van der Waals surface area (Å²) in [6.07, 6.45) is 2.71. The van der Waals surface area contributed by atoms with Gasteiger partial charge in [0, 0.05) is 29.9 Å². The number of nitrogens with zero attached hydrogens (tertiary/aromatic N) is 2. The van der Waals surface area contributed by atoms with Crippen molar-refractivity contribution in [1.29, 1.82) is 0 Å². The first-order chi connectivity index (χ1) is 11.8. The van der Waals surface area contributed by atoms with Crippen molar-refractivity contribution in [2.24, 2.45) is 0 Å². The molecule has 1 atom stereocenters. The first-order valence-corrected chi connectivity index (χ1v) is 10.6. The Bertz CT molecular complexity index is 894. The summed E-state index contributed by atoms with van der Waals surface area (Å²) in [5.41, 5.74) is 1.38. The number of fused-ring (bicyclic) bond motifs is 1. The van der Waals surface area contributed by atoms with E-state index in [0.717, 1.165) is 11.8 Å². The molecule has 0 saturated heterocycles. The minimum Gasteiger partial charge on any atom is -0.322 e. The Balaban J connectivity index is 1.84. The van der Waals surface area contributed by atoms with Crippen molar-refractivity contribution >= 4 is 38.1 Å². The lowest BCUT2D eigenvalue weighted by molar-refractivity contribution is -0.120. The molecule has 132 valence electrons. The molecule has 2 amide bonds. The van der Waals surface area contributed by atoms with Gasteiger partial charge in [-0.2, -0.15) is 0 Å². The highest BCUT2D eigenvalue weighted by Gasteiger charge is 2.36. The van der Waals surface area contributed by atoms with Crippen molar-refractivity contribution in [3.63, 3.8) is 0 Å². The summed E-state index contributed by atoms with van der Waals surface area (Å²) >= 11 is 1.26. The second-order valence-corrected chi connectivity index (χ2v) is 9.01. The summed E-state index contributed by atoms with van der Waals surface area (Å²) in [4.78, 5) is 30.8. The maximum absolute atomic E-state index is 12.7. The minimum atomic E-state index is -3.26. The van der Waals surface area contributed by atoms with Crippen LogP contribution in [0.25, 0.3) is 0 Å². The van der Waals surface area contributed by atoms with E-state index < -0.39 is 21.8 Å². The van der Waals surface area contributed by atoms with Crippen molar-refractivity contribution in [3.8, 4) is 0 Å². The number of thiazole rings is 1. The van der Waals surface area contributed by atoms with E-state index >= 15 is 0 Å². The van der Waals surface area contributed by atoms with Crippen LogP contribution in [0.1, 0.15) is 22.3 Å². The van der Waals surface area contributed by atoms with Crippen LogP contribution in [0.15, 0.2) is 35.8 Å². The number of rotatable bonds is 6. The number of carbonyl (C=O) groups excluding carboxylic acids is 2. The molecule has 0 spiro atoms. The van der Waals surface area contributed by atoms with E-state index in [2.05, 4.69) is 10.3 Å². The van der Waals surface area contributed by atoms with Crippen molar-refractivity contribution in [1.82, 2.24) is 9.88 Å². The van der Waals surface area contributed by atoms with E-state index in [1.807, 2.05) is 12.1 Å². The van der Waals surface area contributed by atoms with Crippen LogP contribution in [0.5, 0.6) is 0 Å². The average molecular weight is 379 g/mol. The molecule has 3 rings (SSSR count). The smallest absolute Gasteiger partial charge is 0.255 e. The van der Waals surface area contributed by atoms with Gasteiger partial charge in [0.2, 0.25) is 5.91 Å². The van der Waals surface area contributed by atoms with Crippen LogP contribution in [0.4, 0.5) is 5.13 Å². The van der Waals surface area contributed by atoms with Gasteiger partial charge >= 0.3 is 0 Å². The SMILES string of the molecule is CS(=O)(=O)CCC(C(=O)Nc1nccs1)N1Cc2ccccc2C1=O. The van der Waals surface area contributed by atoms with Gasteiger partial charge in [0.15, 0.2) is 5.13 Å². The molecular formula is C16H17N3O4S2. The van der Waals surface area contributed by atoms with Crippen LogP contribution in [0.2, 0.25) is 0 Å². The molecule has 2 heterocycles. The van der Waals surface area contributed by atoms with Crippen molar-refractivity contribution in [2.75, 3.05) is 17.3 Å². The van der Waals surface area contributed by atoms with Gasteiger partial charge in [-0.1, -0.05) is 18.2 Å². The molecule has 0 radical (unpaired) electrons. The number of hydrogen-bond donors (Lipinski definition) is 1. The molecular weight excluding hydrogens is 362 g/mol. The lowest BCUT2D eigenvalue weighted by atomic mass is 10.1. The number of aromatic nitrogens is 1. The monoisotopic (exact) mass is 379 g/mol. The molecule has 1 aromatic heterocycles. The number of benzene rings is 1. The molecule has 0 aliphatic carbocycles. The van der Waals surface area contributed by atoms with Crippen LogP contribution in [0, 0.1) is 0 Å². The average Bonchev–Trinajstić information content (AvgIpc) is 3.16. The molecule has 1 aliphatic heterocycles. The molecule has 0 saturated carbocycles. The zero-order valence-corrected chi connectivity index (χ0v) is 15.1. The Morgan fingerprint density at radius 2 is 2.16 bits per heavy atom. The zero-order valence-electron chi connectivity index (χ0n) is 13.5. The number of amides is 2. The Morgan fingerprint density at radius 3 is 2.80 bits per heavy atom. The highest BCUT2D eigenvalue weighted by Crippen LogP contribution is 2.26. The first-order valence-electron chi connectivity index (χ1n) is 7.62. The first kappa shape index (κ1) is 17.6. The van der Waals surface area contributed by atoms with Gasteiger partial charge < -0.3 is 10.2 Å². The fourth-order valence-electron chi connectivity index (χ4n) is 2.76. The Morgan fingerprint density at radius 1 is 1.40 bits per heavy atom. The second kappa shape index (κ2) is 6.93. The second-order valence-electron chi connectivity index (χ2n) is 5.85. The zero-order chi connectivity index (χ0) is 18.0. The molecule has 0 bridgehead atoms. The standard InChI is InChI=1S/C16H17N3O4S2/c1-25(22,23)9-6-13(14(20)18-16-17-7-8-24-16)19-10-11-4-2-3-5-12(11)15(19)21/h2-5,7-8,13H,6,9-10H2,1H3,(H,17,18,20). The van der Waals surface area contributed by atoms with Gasteiger partial charge in [0.25, 0.3) is 5.91 Å². The van der Waals surface area contributed by atoms with Gasteiger partial charge in [-0.05, 0) is 18.1 Å². The quantitative estimate of drug-likeness (QED) is 0.821. The van der Waals surface area contributed by atoms with E-state index in [9.17, 15) is 18.0 Å². The number of nitrogens with one attached hydrogen (secondary N) is 1. The third-order valence-electron chi connectivity index (χ3n) is 3.95.